The number of carbonyl (C=O) groups is 1. The van der Waals surface area contributed by atoms with Crippen LogP contribution in [0.3, 0.4) is 0 Å². The highest BCUT2D eigenvalue weighted by molar-refractivity contribution is 5.92. The molecule has 0 heterocycles. The monoisotopic (exact) mass is 356 g/mol. The van der Waals surface area contributed by atoms with E-state index in [0.29, 0.717) is 17.1 Å². The molecule has 26 heavy (non-hydrogen) atoms. The van der Waals surface area contributed by atoms with Gasteiger partial charge in [0.25, 0.3) is 5.69 Å². The summed E-state index contributed by atoms with van der Waals surface area (Å²) in [5.74, 6) is 0.936. The first-order chi connectivity index (χ1) is 12.4. The molecule has 2 aromatic carbocycles. The van der Waals surface area contributed by atoms with Crippen molar-refractivity contribution in [3.05, 3.63) is 69.8 Å². The van der Waals surface area contributed by atoms with E-state index >= 15 is 0 Å². The van der Waals surface area contributed by atoms with Crippen LogP contribution in [0.15, 0.2) is 48.5 Å². The van der Waals surface area contributed by atoms with Crippen molar-refractivity contribution >= 4 is 17.7 Å². The Hall–Kier alpha value is -3.35. The third kappa shape index (κ3) is 4.83. The van der Waals surface area contributed by atoms with Crippen LogP contribution in [0.4, 0.5) is 5.69 Å². The zero-order valence-electron chi connectivity index (χ0n) is 14.8. The van der Waals surface area contributed by atoms with Gasteiger partial charge in [0.05, 0.1) is 25.2 Å². The molecular formula is C19H20N2O5. The van der Waals surface area contributed by atoms with Gasteiger partial charge in [-0.1, -0.05) is 6.07 Å². The summed E-state index contributed by atoms with van der Waals surface area (Å²) >= 11 is 0. The number of rotatable bonds is 7. The van der Waals surface area contributed by atoms with Crippen molar-refractivity contribution in [3.8, 4) is 11.5 Å². The van der Waals surface area contributed by atoms with E-state index < -0.39 is 4.92 Å². The summed E-state index contributed by atoms with van der Waals surface area (Å²) in [6.07, 6.45) is 2.98. The number of carbonyl (C=O) groups excluding carboxylic acids is 1. The average molecular weight is 356 g/mol. The van der Waals surface area contributed by atoms with Gasteiger partial charge in [0, 0.05) is 18.2 Å². The minimum absolute atomic E-state index is 0.00803. The molecule has 0 aliphatic rings. The lowest BCUT2D eigenvalue weighted by Crippen LogP contribution is -2.24. The first kappa shape index (κ1) is 19.0. The van der Waals surface area contributed by atoms with Gasteiger partial charge in [0.15, 0.2) is 11.5 Å². The Morgan fingerprint density at radius 3 is 2.35 bits per heavy atom. The molecule has 136 valence electrons. The van der Waals surface area contributed by atoms with Crippen molar-refractivity contribution in [2.24, 2.45) is 0 Å². The lowest BCUT2D eigenvalue weighted by atomic mass is 10.1. The summed E-state index contributed by atoms with van der Waals surface area (Å²) in [5.41, 5.74) is 1.58. The first-order valence-electron chi connectivity index (χ1n) is 7.89. The summed E-state index contributed by atoms with van der Waals surface area (Å²) in [7, 11) is 3.11. The minimum atomic E-state index is -0.467. The van der Waals surface area contributed by atoms with Gasteiger partial charge in [-0.3, -0.25) is 14.9 Å². The molecule has 7 heteroatoms. The quantitative estimate of drug-likeness (QED) is 0.466. The van der Waals surface area contributed by atoms with E-state index in [9.17, 15) is 14.9 Å². The molecule has 1 atom stereocenters. The number of hydrogen-bond acceptors (Lipinski definition) is 5. The number of methoxy groups -OCH3 is 2. The Balaban J connectivity index is 2.01. The fraction of sp³-hybridized carbons (Fsp3) is 0.211. The molecule has 0 aliphatic carbocycles. The van der Waals surface area contributed by atoms with Crippen LogP contribution < -0.4 is 14.8 Å². The van der Waals surface area contributed by atoms with E-state index in [4.69, 9.17) is 9.47 Å². The first-order valence-corrected chi connectivity index (χ1v) is 7.89. The number of hydrogen-bond donors (Lipinski definition) is 1. The van der Waals surface area contributed by atoms with Gasteiger partial charge < -0.3 is 14.8 Å². The normalized spacial score (nSPS) is 11.8. The Morgan fingerprint density at radius 2 is 1.77 bits per heavy atom. The fourth-order valence-electron chi connectivity index (χ4n) is 2.35. The van der Waals surface area contributed by atoms with Crippen molar-refractivity contribution in [2.75, 3.05) is 14.2 Å². The number of non-ortho nitro benzene ring substituents is 1. The Morgan fingerprint density at radius 1 is 1.12 bits per heavy atom. The van der Waals surface area contributed by atoms with E-state index in [-0.39, 0.29) is 17.6 Å². The number of nitro groups is 1. The van der Waals surface area contributed by atoms with E-state index in [1.165, 1.54) is 18.2 Å². The maximum absolute atomic E-state index is 12.1. The molecule has 7 nitrogen and oxygen atoms in total. The Bertz CT molecular complexity index is 815. The average Bonchev–Trinajstić information content (AvgIpc) is 2.65. The van der Waals surface area contributed by atoms with E-state index in [1.54, 1.807) is 38.5 Å². The van der Waals surface area contributed by atoms with E-state index in [1.807, 2.05) is 19.1 Å². The number of amides is 1. The van der Waals surface area contributed by atoms with Crippen LogP contribution in [0.2, 0.25) is 0 Å². The number of benzene rings is 2. The molecule has 2 rings (SSSR count). The summed E-state index contributed by atoms with van der Waals surface area (Å²) in [6, 6.07) is 11.2. The second-order valence-corrected chi connectivity index (χ2v) is 5.53. The maximum atomic E-state index is 12.1. The van der Waals surface area contributed by atoms with Crippen molar-refractivity contribution in [2.45, 2.75) is 13.0 Å². The highest BCUT2D eigenvalue weighted by Gasteiger charge is 2.11. The second kappa shape index (κ2) is 8.66. The van der Waals surface area contributed by atoms with Crippen LogP contribution in [0.5, 0.6) is 11.5 Å². The molecule has 0 saturated carbocycles. The largest absolute Gasteiger partial charge is 0.493 e. The molecule has 0 aliphatic heterocycles. The summed E-state index contributed by atoms with van der Waals surface area (Å²) in [4.78, 5) is 22.3. The zero-order chi connectivity index (χ0) is 19.1. The van der Waals surface area contributed by atoms with E-state index in [0.717, 1.165) is 5.56 Å². The Labute approximate surface area is 151 Å². The predicted octanol–water partition coefficient (Wildman–Crippen LogP) is 3.50. The third-order valence-electron chi connectivity index (χ3n) is 3.80. The van der Waals surface area contributed by atoms with Crippen molar-refractivity contribution in [3.63, 3.8) is 0 Å². The Kier molecular flexibility index (Phi) is 6.32. The molecule has 0 aromatic heterocycles. The van der Waals surface area contributed by atoms with Crippen LogP contribution in [-0.4, -0.2) is 25.1 Å². The standard InChI is InChI=1S/C19H20N2O5/c1-13(15-7-10-17(25-2)18(12-15)26-3)20-19(22)11-6-14-4-8-16(9-5-14)21(23)24/h4-13H,1-3H3,(H,20,22)/b11-6+. The predicted molar refractivity (Wildman–Crippen MR) is 98.2 cm³/mol. The SMILES string of the molecule is COc1ccc(C(C)NC(=O)/C=C/c2ccc([N+](=O)[O-])cc2)cc1OC. The molecule has 0 bridgehead atoms. The number of nitro benzene ring substituents is 1. The lowest BCUT2D eigenvalue weighted by molar-refractivity contribution is -0.384. The molecule has 0 spiro atoms. The highest BCUT2D eigenvalue weighted by Crippen LogP contribution is 2.29. The lowest BCUT2D eigenvalue weighted by Gasteiger charge is -2.15. The van der Waals surface area contributed by atoms with Crippen LogP contribution in [-0.2, 0) is 4.79 Å². The van der Waals surface area contributed by atoms with Gasteiger partial charge >= 0.3 is 0 Å². The molecule has 1 amide bonds. The van der Waals surface area contributed by atoms with Gasteiger partial charge in [-0.2, -0.15) is 0 Å². The van der Waals surface area contributed by atoms with Crippen LogP contribution in [0.1, 0.15) is 24.1 Å². The smallest absolute Gasteiger partial charge is 0.269 e. The van der Waals surface area contributed by atoms with Crippen molar-refractivity contribution in [1.82, 2.24) is 5.32 Å². The minimum Gasteiger partial charge on any atom is -0.493 e. The van der Waals surface area contributed by atoms with E-state index in [2.05, 4.69) is 5.32 Å². The molecule has 1 N–H and O–H groups in total. The zero-order valence-corrected chi connectivity index (χ0v) is 14.8. The third-order valence-corrected chi connectivity index (χ3v) is 3.80. The molecule has 0 fully saturated rings. The van der Waals surface area contributed by atoms with Crippen LogP contribution in [0.25, 0.3) is 6.08 Å². The van der Waals surface area contributed by atoms with Gasteiger partial charge in [-0.25, -0.2) is 0 Å². The maximum Gasteiger partial charge on any atom is 0.269 e. The molecule has 0 saturated heterocycles. The molecule has 0 radical (unpaired) electrons. The van der Waals surface area contributed by atoms with Crippen molar-refractivity contribution < 1.29 is 19.2 Å². The molecule has 2 aromatic rings. The number of nitrogens with zero attached hydrogens (tertiary/aromatic N) is 1. The van der Waals surface area contributed by atoms with Gasteiger partial charge in [-0.05, 0) is 48.4 Å². The van der Waals surface area contributed by atoms with Gasteiger partial charge in [0.1, 0.15) is 0 Å². The summed E-state index contributed by atoms with van der Waals surface area (Å²) in [6.45, 7) is 1.86. The second-order valence-electron chi connectivity index (χ2n) is 5.53. The summed E-state index contributed by atoms with van der Waals surface area (Å²) < 4.78 is 10.5. The number of ether oxygens (including phenoxy) is 2. The topological polar surface area (TPSA) is 90.7 Å². The van der Waals surface area contributed by atoms with Gasteiger partial charge in [-0.15, -0.1) is 0 Å². The van der Waals surface area contributed by atoms with Crippen molar-refractivity contribution in [1.29, 1.82) is 0 Å². The highest BCUT2D eigenvalue weighted by atomic mass is 16.6. The summed E-state index contributed by atoms with van der Waals surface area (Å²) in [5, 5.41) is 13.5. The van der Waals surface area contributed by atoms with Crippen LogP contribution in [0, 0.1) is 10.1 Å². The van der Waals surface area contributed by atoms with Gasteiger partial charge in [0.2, 0.25) is 5.91 Å². The molecular weight excluding hydrogens is 336 g/mol. The van der Waals surface area contributed by atoms with Crippen LogP contribution >= 0.6 is 0 Å². The molecule has 1 unspecified atom stereocenters. The number of nitrogens with one attached hydrogen (secondary N) is 1. The fourth-order valence-corrected chi connectivity index (χ4v) is 2.35.